The minimum atomic E-state index is 0.388. The first-order valence-electron chi connectivity index (χ1n) is 3.21. The highest BCUT2D eigenvalue weighted by molar-refractivity contribution is 9.10. The van der Waals surface area contributed by atoms with Crippen molar-refractivity contribution in [3.05, 3.63) is 28.2 Å². The van der Waals surface area contributed by atoms with Crippen LogP contribution in [0, 0.1) is 0 Å². The molecule has 0 amide bonds. The van der Waals surface area contributed by atoms with Gasteiger partial charge in [0.2, 0.25) is 0 Å². The number of nitrogens with two attached hydrogens (primary N) is 1. The molecule has 1 rings (SSSR count). The topological polar surface area (TPSA) is 43.1 Å². The number of carbonyl (C=O) groups excluding carboxylic acids is 1. The van der Waals surface area contributed by atoms with E-state index in [9.17, 15) is 4.79 Å². The van der Waals surface area contributed by atoms with Gasteiger partial charge in [-0.2, -0.15) is 0 Å². The molecule has 0 bridgehead atoms. The van der Waals surface area contributed by atoms with E-state index in [4.69, 9.17) is 5.73 Å². The Morgan fingerprint density at radius 3 is 2.82 bits per heavy atom. The van der Waals surface area contributed by atoms with Crippen LogP contribution in [-0.4, -0.2) is 6.29 Å². The van der Waals surface area contributed by atoms with Gasteiger partial charge in [-0.1, -0.05) is 22.0 Å². The molecular weight excluding hydrogens is 206 g/mol. The maximum atomic E-state index is 10.1. The SMILES string of the molecule is Nc1cc(Br)ccc1CC=O. The van der Waals surface area contributed by atoms with Gasteiger partial charge in [0.15, 0.2) is 0 Å². The maximum absolute atomic E-state index is 10.1. The van der Waals surface area contributed by atoms with Crippen molar-refractivity contribution in [3.8, 4) is 0 Å². The van der Waals surface area contributed by atoms with Crippen molar-refractivity contribution in [1.29, 1.82) is 0 Å². The lowest BCUT2D eigenvalue weighted by Crippen LogP contribution is -1.94. The van der Waals surface area contributed by atoms with Crippen molar-refractivity contribution < 1.29 is 4.79 Å². The zero-order valence-corrected chi connectivity index (χ0v) is 7.47. The van der Waals surface area contributed by atoms with Crippen molar-refractivity contribution >= 4 is 27.9 Å². The molecule has 0 saturated heterocycles. The number of anilines is 1. The third-order valence-corrected chi connectivity index (χ3v) is 1.90. The summed E-state index contributed by atoms with van der Waals surface area (Å²) in [5.41, 5.74) is 7.16. The third-order valence-electron chi connectivity index (χ3n) is 1.41. The number of nitrogen functional groups attached to an aromatic ring is 1. The Morgan fingerprint density at radius 2 is 2.27 bits per heavy atom. The first-order chi connectivity index (χ1) is 5.24. The van der Waals surface area contributed by atoms with Gasteiger partial charge in [-0.3, -0.25) is 0 Å². The Labute approximate surface area is 73.5 Å². The quantitative estimate of drug-likeness (QED) is 0.602. The molecule has 3 heteroatoms. The van der Waals surface area contributed by atoms with Gasteiger partial charge in [0.25, 0.3) is 0 Å². The molecule has 0 atom stereocenters. The summed E-state index contributed by atoms with van der Waals surface area (Å²) in [6, 6.07) is 5.50. The summed E-state index contributed by atoms with van der Waals surface area (Å²) in [6.07, 6.45) is 1.23. The number of rotatable bonds is 2. The molecule has 0 saturated carbocycles. The molecule has 0 radical (unpaired) electrons. The lowest BCUT2D eigenvalue weighted by molar-refractivity contribution is -0.107. The van der Waals surface area contributed by atoms with Crippen LogP contribution in [0.3, 0.4) is 0 Å². The average molecular weight is 214 g/mol. The van der Waals surface area contributed by atoms with Crippen LogP contribution in [0.1, 0.15) is 5.56 Å². The highest BCUT2D eigenvalue weighted by Crippen LogP contribution is 2.18. The summed E-state index contributed by atoms with van der Waals surface area (Å²) in [7, 11) is 0. The van der Waals surface area contributed by atoms with Crippen LogP contribution >= 0.6 is 15.9 Å². The molecule has 58 valence electrons. The largest absolute Gasteiger partial charge is 0.398 e. The van der Waals surface area contributed by atoms with Gasteiger partial charge in [-0.15, -0.1) is 0 Å². The van der Waals surface area contributed by atoms with Crippen LogP contribution < -0.4 is 5.73 Å². The van der Waals surface area contributed by atoms with Gasteiger partial charge in [-0.25, -0.2) is 0 Å². The second kappa shape index (κ2) is 3.53. The number of carbonyl (C=O) groups is 1. The standard InChI is InChI=1S/C8H8BrNO/c9-7-2-1-6(3-4-11)8(10)5-7/h1-2,4-5H,3,10H2. The van der Waals surface area contributed by atoms with Gasteiger partial charge < -0.3 is 10.5 Å². The Balaban J connectivity index is 2.98. The highest BCUT2D eigenvalue weighted by atomic mass is 79.9. The van der Waals surface area contributed by atoms with E-state index in [1.165, 1.54) is 0 Å². The van der Waals surface area contributed by atoms with Crippen LogP contribution in [0.4, 0.5) is 5.69 Å². The molecule has 11 heavy (non-hydrogen) atoms. The summed E-state index contributed by atoms with van der Waals surface area (Å²) in [4.78, 5) is 10.1. The Kier molecular flexibility index (Phi) is 2.65. The Bertz CT molecular complexity index is 273. The fraction of sp³-hybridized carbons (Fsp3) is 0.125. The van der Waals surface area contributed by atoms with Crippen LogP contribution in [0.15, 0.2) is 22.7 Å². The zero-order chi connectivity index (χ0) is 8.27. The van der Waals surface area contributed by atoms with Gasteiger partial charge in [0, 0.05) is 16.6 Å². The van der Waals surface area contributed by atoms with Gasteiger partial charge in [0.1, 0.15) is 6.29 Å². The molecule has 1 aromatic rings. The number of hydrogen-bond donors (Lipinski definition) is 1. The van der Waals surface area contributed by atoms with E-state index < -0.39 is 0 Å². The van der Waals surface area contributed by atoms with Gasteiger partial charge >= 0.3 is 0 Å². The van der Waals surface area contributed by atoms with E-state index in [-0.39, 0.29) is 0 Å². The van der Waals surface area contributed by atoms with E-state index in [1.54, 1.807) is 6.07 Å². The third kappa shape index (κ3) is 2.05. The minimum Gasteiger partial charge on any atom is -0.398 e. The monoisotopic (exact) mass is 213 g/mol. The fourth-order valence-corrected chi connectivity index (χ4v) is 1.22. The molecule has 0 heterocycles. The van der Waals surface area contributed by atoms with Crippen molar-refractivity contribution in [1.82, 2.24) is 0 Å². The summed E-state index contributed by atoms with van der Waals surface area (Å²) < 4.78 is 0.935. The Morgan fingerprint density at radius 1 is 1.55 bits per heavy atom. The molecule has 1 aromatic carbocycles. The van der Waals surface area contributed by atoms with E-state index in [1.807, 2.05) is 12.1 Å². The second-order valence-corrected chi connectivity index (χ2v) is 3.13. The maximum Gasteiger partial charge on any atom is 0.124 e. The summed E-state index contributed by atoms with van der Waals surface area (Å²) >= 11 is 3.28. The van der Waals surface area contributed by atoms with Crippen molar-refractivity contribution in [2.75, 3.05) is 5.73 Å². The average Bonchev–Trinajstić information content (AvgIpc) is 1.95. The fourth-order valence-electron chi connectivity index (χ4n) is 0.841. The van der Waals surface area contributed by atoms with Crippen LogP contribution in [0.5, 0.6) is 0 Å². The van der Waals surface area contributed by atoms with Crippen LogP contribution in [0.25, 0.3) is 0 Å². The molecule has 0 aliphatic heterocycles. The van der Waals surface area contributed by atoms with Gasteiger partial charge in [-0.05, 0) is 17.7 Å². The summed E-state index contributed by atoms with van der Waals surface area (Å²) in [5, 5.41) is 0. The molecule has 0 fully saturated rings. The molecule has 0 aromatic heterocycles. The Hall–Kier alpha value is -0.830. The van der Waals surface area contributed by atoms with E-state index in [2.05, 4.69) is 15.9 Å². The first kappa shape index (κ1) is 8.27. The second-order valence-electron chi connectivity index (χ2n) is 2.21. The predicted molar refractivity (Wildman–Crippen MR) is 48.3 cm³/mol. The number of aldehydes is 1. The summed E-state index contributed by atoms with van der Waals surface area (Å²) in [5.74, 6) is 0. The lowest BCUT2D eigenvalue weighted by atomic mass is 10.1. The normalized spacial score (nSPS) is 9.55. The van der Waals surface area contributed by atoms with E-state index in [0.29, 0.717) is 12.1 Å². The van der Waals surface area contributed by atoms with Gasteiger partial charge in [0.05, 0.1) is 0 Å². The smallest absolute Gasteiger partial charge is 0.124 e. The molecule has 0 aliphatic carbocycles. The molecule has 0 spiro atoms. The molecule has 2 N–H and O–H groups in total. The summed E-state index contributed by atoms with van der Waals surface area (Å²) in [6.45, 7) is 0. The minimum absolute atomic E-state index is 0.388. The number of benzene rings is 1. The molecule has 0 aliphatic rings. The van der Waals surface area contributed by atoms with Crippen LogP contribution in [-0.2, 0) is 11.2 Å². The number of hydrogen-bond acceptors (Lipinski definition) is 2. The van der Waals surface area contributed by atoms with E-state index in [0.717, 1.165) is 16.3 Å². The lowest BCUT2D eigenvalue weighted by Gasteiger charge is -2.00. The first-order valence-corrected chi connectivity index (χ1v) is 4.01. The van der Waals surface area contributed by atoms with Crippen molar-refractivity contribution in [2.24, 2.45) is 0 Å². The highest BCUT2D eigenvalue weighted by Gasteiger charge is 1.97. The molecule has 2 nitrogen and oxygen atoms in total. The van der Waals surface area contributed by atoms with Crippen molar-refractivity contribution in [2.45, 2.75) is 6.42 Å². The van der Waals surface area contributed by atoms with Crippen LogP contribution in [0.2, 0.25) is 0 Å². The molecular formula is C8H8BrNO. The molecule has 0 unspecified atom stereocenters. The predicted octanol–water partition coefficient (Wildman–Crippen LogP) is 1.77. The van der Waals surface area contributed by atoms with Crippen molar-refractivity contribution in [3.63, 3.8) is 0 Å². The van der Waals surface area contributed by atoms with E-state index >= 15 is 0 Å². The zero-order valence-electron chi connectivity index (χ0n) is 5.88. The number of halogens is 1.